The lowest BCUT2D eigenvalue weighted by Crippen LogP contribution is -2.09. The summed E-state index contributed by atoms with van der Waals surface area (Å²) in [5.41, 5.74) is 0.686. The molecule has 0 aliphatic heterocycles. The molecule has 0 unspecified atom stereocenters. The van der Waals surface area contributed by atoms with Crippen molar-refractivity contribution in [1.82, 2.24) is 0 Å². The molecule has 20 heavy (non-hydrogen) atoms. The highest BCUT2D eigenvalue weighted by molar-refractivity contribution is 5.73. The summed E-state index contributed by atoms with van der Waals surface area (Å²) in [7, 11) is 1.15. The maximum absolute atomic E-state index is 13.8. The molecule has 2 aromatic rings. The van der Waals surface area contributed by atoms with Gasteiger partial charge >= 0.3 is 6.16 Å². The van der Waals surface area contributed by atoms with E-state index in [1.165, 1.54) is 18.2 Å². The molecule has 0 aliphatic carbocycles. The van der Waals surface area contributed by atoms with Crippen LogP contribution in [-0.4, -0.2) is 13.3 Å². The Morgan fingerprint density at radius 3 is 2.45 bits per heavy atom. The molecule has 2 aromatic carbocycles. The van der Waals surface area contributed by atoms with Gasteiger partial charge in [0.05, 0.1) is 7.11 Å². The van der Waals surface area contributed by atoms with Gasteiger partial charge in [0.1, 0.15) is 18.2 Å². The number of carbonyl (C=O) groups is 1. The number of hydrogen-bond donors (Lipinski definition) is 0. The molecule has 0 N–H and O–H groups in total. The zero-order valence-corrected chi connectivity index (χ0v) is 10.7. The molecular weight excluding hydrogens is 266 g/mol. The monoisotopic (exact) mass is 278 g/mol. The summed E-state index contributed by atoms with van der Waals surface area (Å²) in [6.07, 6.45) is -0.953. The number of carbonyl (C=O) groups excluding carboxylic acids is 1. The molecule has 0 saturated carbocycles. The van der Waals surface area contributed by atoms with Crippen molar-refractivity contribution in [1.29, 1.82) is 0 Å². The molecular formula is C15H12F2O3. The third-order valence-corrected chi connectivity index (χ3v) is 2.79. The molecule has 3 nitrogen and oxygen atoms in total. The van der Waals surface area contributed by atoms with Crippen molar-refractivity contribution in [2.24, 2.45) is 0 Å². The largest absolute Gasteiger partial charge is 0.513 e. The second-order valence-corrected chi connectivity index (χ2v) is 3.95. The maximum atomic E-state index is 13.8. The Morgan fingerprint density at radius 2 is 1.80 bits per heavy atom. The van der Waals surface area contributed by atoms with Gasteiger partial charge in [0.15, 0.2) is 0 Å². The standard InChI is InChI=1S/C15H12F2O3/c1-19-15(18)20-14-8-4-6-10(12(14)9-16)11-5-2-3-7-13(11)17/h2-8H,9H2,1H3. The first-order valence-electron chi connectivity index (χ1n) is 5.86. The van der Waals surface area contributed by atoms with E-state index < -0.39 is 18.6 Å². The van der Waals surface area contributed by atoms with Crippen molar-refractivity contribution in [2.45, 2.75) is 6.67 Å². The highest BCUT2D eigenvalue weighted by Crippen LogP contribution is 2.33. The number of benzene rings is 2. The second kappa shape index (κ2) is 6.14. The van der Waals surface area contributed by atoms with Gasteiger partial charge in [-0.15, -0.1) is 0 Å². The van der Waals surface area contributed by atoms with E-state index in [0.29, 0.717) is 5.56 Å². The van der Waals surface area contributed by atoms with Gasteiger partial charge in [0.2, 0.25) is 0 Å². The number of ether oxygens (including phenoxy) is 2. The van der Waals surface area contributed by atoms with Crippen LogP contribution in [0.15, 0.2) is 42.5 Å². The number of halogens is 2. The summed E-state index contributed by atoms with van der Waals surface area (Å²) in [6.45, 7) is -0.892. The van der Waals surface area contributed by atoms with E-state index >= 15 is 0 Å². The molecule has 0 heterocycles. The lowest BCUT2D eigenvalue weighted by Gasteiger charge is -2.12. The highest BCUT2D eigenvalue weighted by Gasteiger charge is 2.16. The fraction of sp³-hybridized carbons (Fsp3) is 0.133. The smallest absolute Gasteiger partial charge is 0.437 e. The van der Waals surface area contributed by atoms with Gasteiger partial charge in [-0.25, -0.2) is 13.6 Å². The number of rotatable bonds is 3. The molecule has 0 aliphatic rings. The molecule has 0 fully saturated rings. The molecule has 0 amide bonds. The van der Waals surface area contributed by atoms with E-state index in [2.05, 4.69) is 4.74 Å². The normalized spacial score (nSPS) is 10.2. The quantitative estimate of drug-likeness (QED) is 0.626. The van der Waals surface area contributed by atoms with Gasteiger partial charge in [0.25, 0.3) is 0 Å². The van der Waals surface area contributed by atoms with Crippen molar-refractivity contribution in [2.75, 3.05) is 7.11 Å². The molecule has 0 atom stereocenters. The molecule has 0 aromatic heterocycles. The minimum absolute atomic E-state index is 0.0140. The van der Waals surface area contributed by atoms with E-state index in [1.807, 2.05) is 0 Å². The number of hydrogen-bond acceptors (Lipinski definition) is 3. The Labute approximate surface area is 114 Å². The van der Waals surface area contributed by atoms with Crippen molar-refractivity contribution >= 4 is 6.16 Å². The van der Waals surface area contributed by atoms with Crippen LogP contribution in [0.2, 0.25) is 0 Å². The van der Waals surface area contributed by atoms with E-state index in [9.17, 15) is 13.6 Å². The average molecular weight is 278 g/mol. The van der Waals surface area contributed by atoms with Crippen molar-refractivity contribution in [3.05, 3.63) is 53.8 Å². The molecule has 0 radical (unpaired) electrons. The summed E-state index contributed by atoms with van der Waals surface area (Å²) in [5, 5.41) is 0. The SMILES string of the molecule is COC(=O)Oc1cccc(-c2ccccc2F)c1CF. The van der Waals surface area contributed by atoms with Crippen molar-refractivity contribution < 1.29 is 23.0 Å². The summed E-state index contributed by atoms with van der Waals surface area (Å²) in [6, 6.07) is 10.6. The third-order valence-electron chi connectivity index (χ3n) is 2.79. The highest BCUT2D eigenvalue weighted by atomic mass is 19.1. The van der Waals surface area contributed by atoms with Crippen LogP contribution in [-0.2, 0) is 11.4 Å². The summed E-state index contributed by atoms with van der Waals surface area (Å²) >= 11 is 0. The zero-order chi connectivity index (χ0) is 14.5. The van der Waals surface area contributed by atoms with Gasteiger partial charge in [-0.2, -0.15) is 0 Å². The maximum Gasteiger partial charge on any atom is 0.513 e. The molecule has 5 heteroatoms. The van der Waals surface area contributed by atoms with Crippen molar-refractivity contribution in [3.63, 3.8) is 0 Å². The lowest BCUT2D eigenvalue weighted by molar-refractivity contribution is 0.121. The topological polar surface area (TPSA) is 35.5 Å². The van der Waals surface area contributed by atoms with Gasteiger partial charge < -0.3 is 9.47 Å². The van der Waals surface area contributed by atoms with Crippen LogP contribution in [0.1, 0.15) is 5.56 Å². The number of methoxy groups -OCH3 is 1. The lowest BCUT2D eigenvalue weighted by atomic mass is 9.99. The first-order valence-corrected chi connectivity index (χ1v) is 5.86. The van der Waals surface area contributed by atoms with Crippen LogP contribution < -0.4 is 4.74 Å². The minimum Gasteiger partial charge on any atom is -0.437 e. The number of alkyl halides is 1. The van der Waals surface area contributed by atoms with Gasteiger partial charge in [-0.05, 0) is 17.7 Å². The fourth-order valence-electron chi connectivity index (χ4n) is 1.86. The van der Waals surface area contributed by atoms with Gasteiger partial charge in [-0.3, -0.25) is 0 Å². The summed E-state index contributed by atoms with van der Waals surface area (Å²) in [4.78, 5) is 11.1. The third kappa shape index (κ3) is 2.77. The zero-order valence-electron chi connectivity index (χ0n) is 10.7. The Hall–Kier alpha value is -2.43. The Morgan fingerprint density at radius 1 is 1.10 bits per heavy atom. The van der Waals surface area contributed by atoms with Crippen LogP contribution in [0.25, 0.3) is 11.1 Å². The Balaban J connectivity index is 2.52. The minimum atomic E-state index is -0.953. The van der Waals surface area contributed by atoms with Crippen LogP contribution in [0, 0.1) is 5.82 Å². The first kappa shape index (κ1) is 14.0. The summed E-state index contributed by atoms with van der Waals surface area (Å²) < 4.78 is 36.3. The van der Waals surface area contributed by atoms with Crippen molar-refractivity contribution in [3.8, 4) is 16.9 Å². The molecule has 2 rings (SSSR count). The van der Waals surface area contributed by atoms with Crippen LogP contribution in [0.5, 0.6) is 5.75 Å². The summed E-state index contributed by atoms with van der Waals surface area (Å²) in [5.74, 6) is -0.461. The van der Waals surface area contributed by atoms with E-state index in [0.717, 1.165) is 7.11 Å². The predicted octanol–water partition coefficient (Wildman–Crippen LogP) is 4.11. The molecule has 0 bridgehead atoms. The average Bonchev–Trinajstić information content (AvgIpc) is 2.47. The fourth-order valence-corrected chi connectivity index (χ4v) is 1.86. The molecule has 104 valence electrons. The Bertz CT molecular complexity index is 626. The predicted molar refractivity (Wildman–Crippen MR) is 69.7 cm³/mol. The van der Waals surface area contributed by atoms with Crippen LogP contribution in [0.3, 0.4) is 0 Å². The van der Waals surface area contributed by atoms with E-state index in [-0.39, 0.29) is 16.9 Å². The Kier molecular flexibility index (Phi) is 4.30. The van der Waals surface area contributed by atoms with Crippen LogP contribution in [0.4, 0.5) is 13.6 Å². The first-order chi connectivity index (χ1) is 9.67. The molecule has 0 spiro atoms. The van der Waals surface area contributed by atoms with E-state index in [1.54, 1.807) is 24.3 Å². The molecule has 0 saturated heterocycles. The second-order valence-electron chi connectivity index (χ2n) is 3.95. The van der Waals surface area contributed by atoms with Gasteiger partial charge in [0, 0.05) is 11.1 Å². The van der Waals surface area contributed by atoms with Gasteiger partial charge in [-0.1, -0.05) is 30.3 Å². The van der Waals surface area contributed by atoms with E-state index in [4.69, 9.17) is 4.74 Å². The van der Waals surface area contributed by atoms with Crippen LogP contribution >= 0.6 is 0 Å².